The highest BCUT2D eigenvalue weighted by Crippen LogP contribution is 2.38. The molecule has 0 aliphatic heterocycles. The van der Waals surface area contributed by atoms with Gasteiger partial charge in [-0.05, 0) is 11.6 Å². The van der Waals surface area contributed by atoms with Gasteiger partial charge in [0.05, 0.1) is 11.9 Å². The summed E-state index contributed by atoms with van der Waals surface area (Å²) < 4.78 is 0. The van der Waals surface area contributed by atoms with Crippen LogP contribution in [0, 0.1) is 0 Å². The molecule has 6 heteroatoms. The molecule has 0 spiro atoms. The summed E-state index contributed by atoms with van der Waals surface area (Å²) in [6.45, 7) is 0. The number of aromatic nitrogens is 2. The van der Waals surface area contributed by atoms with Crippen LogP contribution >= 0.6 is 0 Å². The van der Waals surface area contributed by atoms with E-state index >= 15 is 0 Å². The molecule has 0 radical (unpaired) electrons. The van der Waals surface area contributed by atoms with Gasteiger partial charge in [0, 0.05) is 22.3 Å². The molecule has 4 rings (SSSR count). The normalized spacial score (nSPS) is 11.8. The Morgan fingerprint density at radius 3 is 2.54 bits per heavy atom. The predicted molar refractivity (Wildman–Crippen MR) is 89.7 cm³/mol. The highest BCUT2D eigenvalue weighted by molar-refractivity contribution is 6.25. The van der Waals surface area contributed by atoms with Gasteiger partial charge in [-0.25, -0.2) is 9.97 Å². The van der Waals surface area contributed by atoms with Crippen molar-refractivity contribution in [3.8, 4) is 11.1 Å². The van der Waals surface area contributed by atoms with Crippen molar-refractivity contribution in [3.63, 3.8) is 0 Å². The number of fused-ring (bicyclic) bond motifs is 3. The predicted octanol–water partition coefficient (Wildman–Crippen LogP) is 2.52. The van der Waals surface area contributed by atoms with E-state index in [1.807, 2.05) is 18.2 Å². The minimum Gasteiger partial charge on any atom is -0.394 e. The van der Waals surface area contributed by atoms with Crippen LogP contribution in [0.5, 0.6) is 0 Å². The summed E-state index contributed by atoms with van der Waals surface area (Å²) in [5, 5.41) is 2.68. The lowest BCUT2D eigenvalue weighted by atomic mass is 9.99. The van der Waals surface area contributed by atoms with Gasteiger partial charge in [-0.3, -0.25) is 9.59 Å². The van der Waals surface area contributed by atoms with Gasteiger partial charge in [-0.15, -0.1) is 0 Å². The SMILES string of the molecule is Nc1cncnc1NC(=O)c1cccc2c1-c1ccccc1C2=O. The highest BCUT2D eigenvalue weighted by Gasteiger charge is 2.30. The minimum atomic E-state index is -0.373. The molecule has 6 nitrogen and oxygen atoms in total. The van der Waals surface area contributed by atoms with Crippen LogP contribution < -0.4 is 11.1 Å². The fraction of sp³-hybridized carbons (Fsp3) is 0. The quantitative estimate of drug-likeness (QED) is 0.592. The summed E-state index contributed by atoms with van der Waals surface area (Å²) in [6, 6.07) is 12.4. The maximum absolute atomic E-state index is 12.7. The molecule has 2 aromatic carbocycles. The van der Waals surface area contributed by atoms with Gasteiger partial charge in [-0.1, -0.05) is 36.4 Å². The van der Waals surface area contributed by atoms with E-state index in [9.17, 15) is 9.59 Å². The van der Waals surface area contributed by atoms with Gasteiger partial charge in [0.15, 0.2) is 11.6 Å². The lowest BCUT2D eigenvalue weighted by Crippen LogP contribution is -2.15. The smallest absolute Gasteiger partial charge is 0.257 e. The summed E-state index contributed by atoms with van der Waals surface area (Å²) in [6.07, 6.45) is 2.72. The fourth-order valence-electron chi connectivity index (χ4n) is 2.88. The number of carbonyl (C=O) groups excluding carboxylic acids is 2. The molecule has 0 unspecified atom stereocenters. The lowest BCUT2D eigenvalue weighted by Gasteiger charge is -2.10. The summed E-state index contributed by atoms with van der Waals surface area (Å²) in [5.41, 5.74) is 8.98. The first kappa shape index (κ1) is 14.1. The maximum Gasteiger partial charge on any atom is 0.257 e. The van der Waals surface area contributed by atoms with Gasteiger partial charge in [-0.2, -0.15) is 0 Å². The molecule has 0 saturated carbocycles. The van der Waals surface area contributed by atoms with E-state index in [1.54, 1.807) is 24.3 Å². The minimum absolute atomic E-state index is 0.0724. The van der Waals surface area contributed by atoms with Crippen molar-refractivity contribution in [2.45, 2.75) is 0 Å². The largest absolute Gasteiger partial charge is 0.394 e. The summed E-state index contributed by atoms with van der Waals surface area (Å²) in [5.74, 6) is -0.205. The topological polar surface area (TPSA) is 98.0 Å². The Bertz CT molecular complexity index is 998. The second-order valence-electron chi connectivity index (χ2n) is 5.38. The number of rotatable bonds is 2. The third kappa shape index (κ3) is 2.04. The van der Waals surface area contributed by atoms with Crippen molar-refractivity contribution in [1.82, 2.24) is 9.97 Å². The van der Waals surface area contributed by atoms with Gasteiger partial charge in [0.2, 0.25) is 0 Å². The van der Waals surface area contributed by atoms with Crippen molar-refractivity contribution in [3.05, 3.63) is 71.7 Å². The van der Waals surface area contributed by atoms with Crippen LogP contribution in [0.1, 0.15) is 26.3 Å². The Balaban J connectivity index is 1.81. The van der Waals surface area contributed by atoms with Gasteiger partial charge >= 0.3 is 0 Å². The number of nitrogens with zero attached hydrogens (tertiary/aromatic N) is 2. The number of nitrogens with one attached hydrogen (secondary N) is 1. The van der Waals surface area contributed by atoms with Crippen LogP contribution in [0.15, 0.2) is 55.0 Å². The third-order valence-electron chi connectivity index (χ3n) is 3.97. The molecule has 116 valence electrons. The van der Waals surface area contributed by atoms with E-state index in [0.717, 1.165) is 5.56 Å². The standard InChI is InChI=1S/C18H12N4O2/c19-14-8-20-9-21-17(14)22-18(24)13-7-3-6-12-15(13)10-4-1-2-5-11(10)16(12)23/h1-9H,19H2,(H,20,21,22,24). The van der Waals surface area contributed by atoms with Gasteiger partial charge in [0.1, 0.15) is 6.33 Å². The van der Waals surface area contributed by atoms with Crippen molar-refractivity contribution < 1.29 is 9.59 Å². The molecule has 3 aromatic rings. The van der Waals surface area contributed by atoms with Crippen molar-refractivity contribution >= 4 is 23.2 Å². The zero-order valence-corrected chi connectivity index (χ0v) is 12.5. The number of benzene rings is 2. The zero-order valence-electron chi connectivity index (χ0n) is 12.5. The van der Waals surface area contributed by atoms with E-state index in [1.165, 1.54) is 12.5 Å². The first-order valence-corrected chi connectivity index (χ1v) is 7.31. The molecule has 0 atom stereocenters. The lowest BCUT2D eigenvalue weighted by molar-refractivity contribution is 0.102. The molecule has 3 N–H and O–H groups in total. The number of amides is 1. The van der Waals surface area contributed by atoms with Crippen LogP contribution in [0.3, 0.4) is 0 Å². The second-order valence-corrected chi connectivity index (χ2v) is 5.38. The third-order valence-corrected chi connectivity index (χ3v) is 3.97. The molecule has 1 aliphatic carbocycles. The molecule has 0 bridgehead atoms. The molecular weight excluding hydrogens is 304 g/mol. The fourth-order valence-corrected chi connectivity index (χ4v) is 2.88. The van der Waals surface area contributed by atoms with Crippen LogP contribution in [0.2, 0.25) is 0 Å². The Labute approximate surface area is 137 Å². The number of hydrogen-bond acceptors (Lipinski definition) is 5. The van der Waals surface area contributed by atoms with Crippen LogP contribution in [0.25, 0.3) is 11.1 Å². The Kier molecular flexibility index (Phi) is 3.09. The number of nitrogens with two attached hydrogens (primary N) is 1. The number of ketones is 1. The Hall–Kier alpha value is -3.54. The first-order chi connectivity index (χ1) is 11.7. The van der Waals surface area contributed by atoms with Gasteiger partial charge in [0.25, 0.3) is 5.91 Å². The van der Waals surface area contributed by atoms with E-state index in [2.05, 4.69) is 15.3 Å². The maximum atomic E-state index is 12.7. The average molecular weight is 316 g/mol. The van der Waals surface area contributed by atoms with Crippen molar-refractivity contribution in [2.75, 3.05) is 11.1 Å². The molecule has 0 saturated heterocycles. The summed E-state index contributed by atoms with van der Waals surface area (Å²) in [7, 11) is 0. The summed E-state index contributed by atoms with van der Waals surface area (Å²) in [4.78, 5) is 33.0. The molecular formula is C18H12N4O2. The average Bonchev–Trinajstić information content (AvgIpc) is 2.90. The van der Waals surface area contributed by atoms with Crippen molar-refractivity contribution in [2.24, 2.45) is 0 Å². The van der Waals surface area contributed by atoms with Crippen LogP contribution in [-0.4, -0.2) is 21.7 Å². The molecule has 1 heterocycles. The Morgan fingerprint density at radius 1 is 1.00 bits per heavy atom. The van der Waals surface area contributed by atoms with Crippen molar-refractivity contribution in [1.29, 1.82) is 0 Å². The molecule has 1 aliphatic rings. The highest BCUT2D eigenvalue weighted by atomic mass is 16.1. The second kappa shape index (κ2) is 5.27. The van der Waals surface area contributed by atoms with E-state index < -0.39 is 0 Å². The number of nitrogen functional groups attached to an aromatic ring is 1. The molecule has 1 amide bonds. The first-order valence-electron chi connectivity index (χ1n) is 7.31. The Morgan fingerprint density at radius 2 is 1.75 bits per heavy atom. The summed E-state index contributed by atoms with van der Waals surface area (Å²) >= 11 is 0. The van der Waals surface area contributed by atoms with E-state index in [-0.39, 0.29) is 23.2 Å². The van der Waals surface area contributed by atoms with Gasteiger partial charge < -0.3 is 11.1 Å². The zero-order chi connectivity index (χ0) is 16.7. The van der Waals surface area contributed by atoms with Crippen LogP contribution in [0.4, 0.5) is 11.5 Å². The van der Waals surface area contributed by atoms with Crippen LogP contribution in [-0.2, 0) is 0 Å². The number of carbonyl (C=O) groups is 2. The monoisotopic (exact) mass is 316 g/mol. The molecule has 0 fully saturated rings. The van der Waals surface area contributed by atoms with E-state index in [4.69, 9.17) is 5.73 Å². The molecule has 24 heavy (non-hydrogen) atoms. The van der Waals surface area contributed by atoms with E-state index in [0.29, 0.717) is 22.3 Å². The number of hydrogen-bond donors (Lipinski definition) is 2. The number of anilines is 2. The molecule has 1 aromatic heterocycles.